The third kappa shape index (κ3) is 1.18. The van der Waals surface area contributed by atoms with E-state index in [2.05, 4.69) is 4.98 Å². The Morgan fingerprint density at radius 3 is 2.43 bits per heavy atom. The van der Waals surface area contributed by atoms with E-state index in [1.54, 1.807) is 0 Å². The van der Waals surface area contributed by atoms with Crippen molar-refractivity contribution in [3.8, 4) is 11.5 Å². The third-order valence-corrected chi connectivity index (χ3v) is 2.24. The van der Waals surface area contributed by atoms with E-state index in [4.69, 9.17) is 0 Å². The van der Waals surface area contributed by atoms with Gasteiger partial charge in [0.2, 0.25) is 0 Å². The predicted octanol–water partition coefficient (Wildman–Crippen LogP) is 2.26. The van der Waals surface area contributed by atoms with Crippen molar-refractivity contribution in [3.05, 3.63) is 29.5 Å². The van der Waals surface area contributed by atoms with Crippen molar-refractivity contribution in [2.75, 3.05) is 0 Å². The van der Waals surface area contributed by atoms with Gasteiger partial charge >= 0.3 is 0 Å². The first-order valence-corrected chi connectivity index (χ1v) is 4.38. The maximum Gasteiger partial charge on any atom is 0.142 e. The molecule has 0 aliphatic rings. The van der Waals surface area contributed by atoms with Gasteiger partial charge in [0.15, 0.2) is 0 Å². The van der Waals surface area contributed by atoms with Crippen molar-refractivity contribution in [1.29, 1.82) is 0 Å². The summed E-state index contributed by atoms with van der Waals surface area (Å²) < 4.78 is 0. The zero-order chi connectivity index (χ0) is 10.3. The van der Waals surface area contributed by atoms with Crippen LogP contribution in [0.1, 0.15) is 11.3 Å². The summed E-state index contributed by atoms with van der Waals surface area (Å²) in [6.07, 6.45) is 0. The van der Waals surface area contributed by atoms with Gasteiger partial charge in [-0.3, -0.25) is 0 Å². The topological polar surface area (TPSA) is 53.4 Å². The molecular weight excluding hydrogens is 178 g/mol. The minimum absolute atomic E-state index is 0.101. The van der Waals surface area contributed by atoms with Crippen LogP contribution in [-0.4, -0.2) is 15.2 Å². The van der Waals surface area contributed by atoms with E-state index in [1.165, 1.54) is 12.1 Å². The van der Waals surface area contributed by atoms with Crippen molar-refractivity contribution in [3.63, 3.8) is 0 Å². The molecule has 72 valence electrons. The Labute approximate surface area is 81.7 Å². The molecule has 1 heterocycles. The molecule has 3 nitrogen and oxygen atoms in total. The molecule has 0 bridgehead atoms. The van der Waals surface area contributed by atoms with Crippen LogP contribution in [0, 0.1) is 13.8 Å². The Morgan fingerprint density at radius 2 is 1.71 bits per heavy atom. The highest BCUT2D eigenvalue weighted by atomic mass is 16.3. The number of hydrogen-bond acceptors (Lipinski definition) is 3. The van der Waals surface area contributed by atoms with Crippen LogP contribution in [0.15, 0.2) is 18.2 Å². The zero-order valence-electron chi connectivity index (χ0n) is 8.07. The summed E-state index contributed by atoms with van der Waals surface area (Å²) >= 11 is 0. The molecule has 0 radical (unpaired) electrons. The van der Waals surface area contributed by atoms with E-state index in [9.17, 15) is 10.2 Å². The Balaban J connectivity index is 3.00. The number of pyridine rings is 1. The molecule has 0 atom stereocenters. The van der Waals surface area contributed by atoms with E-state index in [0.717, 1.165) is 11.3 Å². The Kier molecular flexibility index (Phi) is 1.81. The average molecular weight is 189 g/mol. The van der Waals surface area contributed by atoms with Gasteiger partial charge in [-0.2, -0.15) is 0 Å². The van der Waals surface area contributed by atoms with E-state index in [1.807, 2.05) is 19.9 Å². The van der Waals surface area contributed by atoms with Crippen molar-refractivity contribution < 1.29 is 10.2 Å². The van der Waals surface area contributed by atoms with Crippen molar-refractivity contribution >= 4 is 10.9 Å². The summed E-state index contributed by atoms with van der Waals surface area (Å²) in [4.78, 5) is 4.19. The van der Waals surface area contributed by atoms with Gasteiger partial charge in [0.05, 0.1) is 0 Å². The highest BCUT2D eigenvalue weighted by molar-refractivity contribution is 5.92. The summed E-state index contributed by atoms with van der Waals surface area (Å²) in [6.45, 7) is 3.74. The normalized spacial score (nSPS) is 10.7. The van der Waals surface area contributed by atoms with Crippen LogP contribution in [0.4, 0.5) is 0 Å². The number of aromatic nitrogens is 1. The first kappa shape index (κ1) is 8.81. The minimum atomic E-state index is 0.101. The molecule has 0 aliphatic carbocycles. The summed E-state index contributed by atoms with van der Waals surface area (Å²) in [5.74, 6) is 0.257. The second-order valence-corrected chi connectivity index (χ2v) is 3.41. The van der Waals surface area contributed by atoms with E-state index in [-0.39, 0.29) is 11.5 Å². The predicted molar refractivity (Wildman–Crippen MR) is 54.5 cm³/mol. The van der Waals surface area contributed by atoms with Crippen LogP contribution in [0.25, 0.3) is 10.9 Å². The van der Waals surface area contributed by atoms with Gasteiger partial charge in [-0.25, -0.2) is 4.98 Å². The fourth-order valence-electron chi connectivity index (χ4n) is 1.67. The lowest BCUT2D eigenvalue weighted by molar-refractivity contribution is 0.468. The van der Waals surface area contributed by atoms with Gasteiger partial charge in [0.1, 0.15) is 17.0 Å². The van der Waals surface area contributed by atoms with Crippen LogP contribution in [0.3, 0.4) is 0 Å². The lowest BCUT2D eigenvalue weighted by Crippen LogP contribution is -1.88. The van der Waals surface area contributed by atoms with Crippen LogP contribution >= 0.6 is 0 Å². The lowest BCUT2D eigenvalue weighted by atomic mass is 10.1. The van der Waals surface area contributed by atoms with Crippen molar-refractivity contribution in [2.24, 2.45) is 0 Å². The Hall–Kier alpha value is -1.77. The number of rotatable bonds is 0. The average Bonchev–Trinajstić information content (AvgIpc) is 2.10. The molecular formula is C11H11NO2. The molecule has 0 amide bonds. The van der Waals surface area contributed by atoms with E-state index < -0.39 is 0 Å². The quantitative estimate of drug-likeness (QED) is 0.625. The van der Waals surface area contributed by atoms with Gasteiger partial charge in [-0.05, 0) is 37.6 Å². The molecule has 1 aromatic carbocycles. The first-order valence-electron chi connectivity index (χ1n) is 4.38. The van der Waals surface area contributed by atoms with Crippen LogP contribution in [0.5, 0.6) is 11.5 Å². The SMILES string of the molecule is Cc1cc(C)c2c(O)ccc(O)c2n1. The number of benzene rings is 1. The molecule has 2 aromatic rings. The maximum absolute atomic E-state index is 9.62. The number of phenols is 2. The molecule has 2 rings (SSSR count). The van der Waals surface area contributed by atoms with Crippen LogP contribution in [0.2, 0.25) is 0 Å². The smallest absolute Gasteiger partial charge is 0.142 e. The minimum Gasteiger partial charge on any atom is -0.507 e. The number of hydrogen-bond donors (Lipinski definition) is 2. The highest BCUT2D eigenvalue weighted by Gasteiger charge is 2.08. The summed E-state index contributed by atoms with van der Waals surface area (Å²) in [7, 11) is 0. The number of nitrogens with zero attached hydrogens (tertiary/aromatic N) is 1. The number of fused-ring (bicyclic) bond motifs is 1. The fraction of sp³-hybridized carbons (Fsp3) is 0.182. The van der Waals surface area contributed by atoms with E-state index >= 15 is 0 Å². The third-order valence-electron chi connectivity index (χ3n) is 2.24. The van der Waals surface area contributed by atoms with Gasteiger partial charge in [-0.15, -0.1) is 0 Å². The fourth-order valence-corrected chi connectivity index (χ4v) is 1.67. The Morgan fingerprint density at radius 1 is 1.07 bits per heavy atom. The lowest BCUT2D eigenvalue weighted by Gasteiger charge is -2.06. The van der Waals surface area contributed by atoms with Crippen molar-refractivity contribution in [1.82, 2.24) is 4.98 Å². The number of phenolic OH excluding ortho intramolecular Hbond substituents is 2. The first-order chi connectivity index (χ1) is 6.59. The van der Waals surface area contributed by atoms with Crippen LogP contribution in [-0.2, 0) is 0 Å². The molecule has 14 heavy (non-hydrogen) atoms. The molecule has 0 aliphatic heterocycles. The molecule has 0 saturated carbocycles. The van der Waals surface area contributed by atoms with Gasteiger partial charge in [0.25, 0.3) is 0 Å². The monoisotopic (exact) mass is 189 g/mol. The number of aryl methyl sites for hydroxylation is 2. The van der Waals surface area contributed by atoms with Crippen LogP contribution < -0.4 is 0 Å². The molecule has 0 unspecified atom stereocenters. The largest absolute Gasteiger partial charge is 0.507 e. The molecule has 0 saturated heterocycles. The van der Waals surface area contributed by atoms with Crippen molar-refractivity contribution in [2.45, 2.75) is 13.8 Å². The van der Waals surface area contributed by atoms with Gasteiger partial charge in [0, 0.05) is 11.1 Å². The zero-order valence-corrected chi connectivity index (χ0v) is 8.07. The summed E-state index contributed by atoms with van der Waals surface area (Å²) in [5.41, 5.74) is 2.21. The van der Waals surface area contributed by atoms with E-state index in [0.29, 0.717) is 10.9 Å². The standard InChI is InChI=1S/C11H11NO2/c1-6-5-7(2)12-11-9(14)4-3-8(13)10(6)11/h3-5,13-14H,1-2H3. The Bertz CT molecular complexity index is 506. The molecule has 1 aromatic heterocycles. The second-order valence-electron chi connectivity index (χ2n) is 3.41. The second kappa shape index (κ2) is 2.87. The maximum atomic E-state index is 9.62. The van der Waals surface area contributed by atoms with Gasteiger partial charge in [-0.1, -0.05) is 0 Å². The molecule has 3 heteroatoms. The highest BCUT2D eigenvalue weighted by Crippen LogP contribution is 2.32. The molecule has 0 spiro atoms. The molecule has 0 fully saturated rings. The summed E-state index contributed by atoms with van der Waals surface area (Å²) in [5, 5.41) is 19.8. The van der Waals surface area contributed by atoms with Gasteiger partial charge < -0.3 is 10.2 Å². The summed E-state index contributed by atoms with van der Waals surface area (Å²) in [6, 6.07) is 4.80. The number of aromatic hydroxyl groups is 2. The molecule has 2 N–H and O–H groups in total.